The Labute approximate surface area is 122 Å². The first-order chi connectivity index (χ1) is 8.95. The molecule has 0 aliphatic heterocycles. The summed E-state index contributed by atoms with van der Waals surface area (Å²) >= 11 is 3.40. The lowest BCUT2D eigenvalue weighted by molar-refractivity contribution is 0.217. The second kappa shape index (κ2) is 5.65. The normalized spacial score (nSPS) is 22.2. The minimum Gasteiger partial charge on any atom is -0.379 e. The fraction of sp³-hybridized carbons (Fsp3) is 0.714. The number of nitrogens with one attached hydrogen (secondary N) is 1. The third-order valence-corrected chi connectivity index (χ3v) is 4.89. The molecule has 1 aromatic rings. The van der Waals surface area contributed by atoms with Crippen LogP contribution < -0.4 is 10.9 Å². The molecule has 1 aromatic heterocycles. The van der Waals surface area contributed by atoms with Gasteiger partial charge in [0, 0.05) is 12.6 Å². The van der Waals surface area contributed by atoms with E-state index in [1.165, 1.54) is 23.9 Å². The van der Waals surface area contributed by atoms with Gasteiger partial charge in [-0.2, -0.15) is 5.10 Å². The van der Waals surface area contributed by atoms with Gasteiger partial charge in [0.25, 0.3) is 5.56 Å². The molecule has 1 fully saturated rings. The van der Waals surface area contributed by atoms with E-state index >= 15 is 0 Å². The monoisotopic (exact) mass is 327 g/mol. The Morgan fingerprint density at radius 1 is 1.53 bits per heavy atom. The lowest BCUT2D eigenvalue weighted by atomic mass is 9.73. The fourth-order valence-electron chi connectivity index (χ4n) is 2.74. The largest absolute Gasteiger partial charge is 0.379 e. The number of aryl methyl sites for hydroxylation is 1. The number of hydrogen-bond donors (Lipinski definition) is 1. The SMILES string of the molecule is CCn1ncc(NC2CCCCC2(C)C)c(Br)c1=O. The van der Waals surface area contributed by atoms with Gasteiger partial charge in [-0.05, 0) is 41.1 Å². The second-order valence-corrected chi connectivity index (χ2v) is 6.72. The Bertz CT molecular complexity index is 510. The van der Waals surface area contributed by atoms with E-state index in [9.17, 15) is 4.79 Å². The van der Waals surface area contributed by atoms with Crippen LogP contribution in [0.1, 0.15) is 46.5 Å². The van der Waals surface area contributed by atoms with Crippen molar-refractivity contribution in [3.8, 4) is 0 Å². The lowest BCUT2D eigenvalue weighted by Gasteiger charge is -2.39. The van der Waals surface area contributed by atoms with Crippen LogP contribution in [0.25, 0.3) is 0 Å². The Hall–Kier alpha value is -0.840. The summed E-state index contributed by atoms with van der Waals surface area (Å²) in [5.41, 5.74) is 1.01. The molecule has 1 unspecified atom stereocenters. The van der Waals surface area contributed by atoms with Crippen molar-refractivity contribution < 1.29 is 0 Å². The van der Waals surface area contributed by atoms with Gasteiger partial charge in [0.05, 0.1) is 11.9 Å². The molecule has 0 radical (unpaired) electrons. The third-order valence-electron chi connectivity index (χ3n) is 4.12. The highest BCUT2D eigenvalue weighted by Gasteiger charge is 2.32. The fourth-order valence-corrected chi connectivity index (χ4v) is 3.16. The smallest absolute Gasteiger partial charge is 0.283 e. The van der Waals surface area contributed by atoms with Gasteiger partial charge in [-0.3, -0.25) is 4.79 Å². The van der Waals surface area contributed by atoms with Crippen LogP contribution in [0.5, 0.6) is 0 Å². The molecule has 0 saturated heterocycles. The minimum absolute atomic E-state index is 0.0684. The van der Waals surface area contributed by atoms with Crippen LogP contribution in [0.3, 0.4) is 0 Å². The number of anilines is 1. The minimum atomic E-state index is -0.0684. The van der Waals surface area contributed by atoms with Crippen molar-refractivity contribution in [2.75, 3.05) is 5.32 Å². The average Bonchev–Trinajstić information content (AvgIpc) is 2.37. The van der Waals surface area contributed by atoms with Crippen molar-refractivity contribution in [1.82, 2.24) is 9.78 Å². The van der Waals surface area contributed by atoms with Gasteiger partial charge in [-0.25, -0.2) is 4.68 Å². The summed E-state index contributed by atoms with van der Waals surface area (Å²) < 4.78 is 2.05. The zero-order chi connectivity index (χ0) is 14.0. The summed E-state index contributed by atoms with van der Waals surface area (Å²) in [5, 5.41) is 7.69. The highest BCUT2D eigenvalue weighted by molar-refractivity contribution is 9.10. The molecular weight excluding hydrogens is 306 g/mol. The predicted octanol–water partition coefficient (Wildman–Crippen LogP) is 3.41. The molecule has 0 spiro atoms. The number of nitrogens with zero attached hydrogens (tertiary/aromatic N) is 2. The van der Waals surface area contributed by atoms with Gasteiger partial charge in [0.2, 0.25) is 0 Å². The summed E-state index contributed by atoms with van der Waals surface area (Å²) in [6.45, 7) is 7.09. The summed E-state index contributed by atoms with van der Waals surface area (Å²) in [6, 6.07) is 0.399. The lowest BCUT2D eigenvalue weighted by Crippen LogP contribution is -2.39. The maximum absolute atomic E-state index is 12.0. The second-order valence-electron chi connectivity index (χ2n) is 5.92. The standard InChI is InChI=1S/C14H22BrN3O/c1-4-18-13(19)12(15)10(9-16-18)17-11-7-5-6-8-14(11,2)3/h9,11,17H,4-8H2,1-3H3. The quantitative estimate of drug-likeness (QED) is 0.925. The van der Waals surface area contributed by atoms with E-state index in [0.717, 1.165) is 12.1 Å². The topological polar surface area (TPSA) is 46.9 Å². The molecule has 4 nitrogen and oxygen atoms in total. The van der Waals surface area contributed by atoms with Crippen LogP contribution in [-0.2, 0) is 6.54 Å². The summed E-state index contributed by atoms with van der Waals surface area (Å²) in [5.74, 6) is 0. The molecule has 1 atom stereocenters. The van der Waals surface area contributed by atoms with Crippen LogP contribution in [-0.4, -0.2) is 15.8 Å². The number of halogens is 1. The Morgan fingerprint density at radius 2 is 2.26 bits per heavy atom. The highest BCUT2D eigenvalue weighted by Crippen LogP contribution is 2.37. The molecule has 1 heterocycles. The summed E-state index contributed by atoms with van der Waals surface area (Å²) in [7, 11) is 0. The van der Waals surface area contributed by atoms with E-state index in [0.29, 0.717) is 17.1 Å². The molecule has 0 amide bonds. The molecule has 5 heteroatoms. The van der Waals surface area contributed by atoms with Gasteiger partial charge in [-0.15, -0.1) is 0 Å². The first kappa shape index (κ1) is 14.6. The number of rotatable bonds is 3. The average molecular weight is 328 g/mol. The third kappa shape index (κ3) is 3.02. The van der Waals surface area contributed by atoms with Crippen molar-refractivity contribution in [1.29, 1.82) is 0 Å². The van der Waals surface area contributed by atoms with E-state index in [2.05, 4.69) is 40.2 Å². The maximum Gasteiger partial charge on any atom is 0.283 e. The van der Waals surface area contributed by atoms with Crippen LogP contribution >= 0.6 is 15.9 Å². The van der Waals surface area contributed by atoms with E-state index in [1.54, 1.807) is 6.20 Å². The highest BCUT2D eigenvalue weighted by atomic mass is 79.9. The number of aromatic nitrogens is 2. The molecular formula is C14H22BrN3O. The van der Waals surface area contributed by atoms with Crippen LogP contribution in [0.4, 0.5) is 5.69 Å². The molecule has 2 rings (SSSR count). The zero-order valence-corrected chi connectivity index (χ0v) is 13.5. The van der Waals surface area contributed by atoms with Crippen molar-refractivity contribution in [3.63, 3.8) is 0 Å². The van der Waals surface area contributed by atoms with Gasteiger partial charge in [0.1, 0.15) is 4.47 Å². The van der Waals surface area contributed by atoms with Crippen molar-refractivity contribution in [2.24, 2.45) is 5.41 Å². The predicted molar refractivity (Wildman–Crippen MR) is 81.5 cm³/mol. The molecule has 0 bridgehead atoms. The first-order valence-electron chi connectivity index (χ1n) is 6.98. The van der Waals surface area contributed by atoms with Gasteiger partial charge in [-0.1, -0.05) is 26.7 Å². The van der Waals surface area contributed by atoms with Gasteiger partial charge >= 0.3 is 0 Å². The Kier molecular flexibility index (Phi) is 4.33. The molecule has 1 N–H and O–H groups in total. The number of hydrogen-bond acceptors (Lipinski definition) is 3. The Morgan fingerprint density at radius 3 is 2.89 bits per heavy atom. The van der Waals surface area contributed by atoms with Crippen LogP contribution in [0.2, 0.25) is 0 Å². The molecule has 1 aliphatic carbocycles. The molecule has 19 heavy (non-hydrogen) atoms. The molecule has 1 saturated carbocycles. The van der Waals surface area contributed by atoms with E-state index < -0.39 is 0 Å². The summed E-state index contributed by atoms with van der Waals surface area (Å²) in [6.07, 6.45) is 6.66. The molecule has 106 valence electrons. The van der Waals surface area contributed by atoms with Crippen molar-refractivity contribution >= 4 is 21.6 Å². The maximum atomic E-state index is 12.0. The summed E-state index contributed by atoms with van der Waals surface area (Å²) in [4.78, 5) is 12.0. The van der Waals surface area contributed by atoms with E-state index in [-0.39, 0.29) is 11.0 Å². The van der Waals surface area contributed by atoms with Crippen molar-refractivity contribution in [2.45, 2.75) is 59.0 Å². The van der Waals surface area contributed by atoms with E-state index in [1.807, 2.05) is 6.92 Å². The zero-order valence-electron chi connectivity index (χ0n) is 11.9. The van der Waals surface area contributed by atoms with Crippen LogP contribution in [0.15, 0.2) is 15.5 Å². The Balaban J connectivity index is 2.24. The molecule has 1 aliphatic rings. The van der Waals surface area contributed by atoms with Crippen molar-refractivity contribution in [3.05, 3.63) is 21.0 Å². The van der Waals surface area contributed by atoms with Gasteiger partial charge in [0.15, 0.2) is 0 Å². The molecule has 0 aromatic carbocycles. The van der Waals surface area contributed by atoms with Crippen LogP contribution in [0, 0.1) is 5.41 Å². The van der Waals surface area contributed by atoms with Gasteiger partial charge < -0.3 is 5.32 Å². The first-order valence-corrected chi connectivity index (χ1v) is 7.77. The van der Waals surface area contributed by atoms with E-state index in [4.69, 9.17) is 0 Å².